The van der Waals surface area contributed by atoms with E-state index < -0.39 is 89.2 Å². The molecule has 5 fully saturated rings. The number of hydrogen-bond acceptors (Lipinski definition) is 11. The maximum atomic E-state index is 14.4. The van der Waals surface area contributed by atoms with E-state index in [1.54, 1.807) is 0 Å². The average molecular weight is 667 g/mol. The third-order valence-corrected chi connectivity index (χ3v) is 15.4. The molecule has 4 saturated carbocycles. The zero-order chi connectivity index (χ0) is 34.7. The molecule has 47 heavy (non-hydrogen) atoms. The average Bonchev–Trinajstić information content (AvgIpc) is 3.02. The third-order valence-electron chi connectivity index (χ3n) is 15.4. The molecule has 0 bridgehead atoms. The van der Waals surface area contributed by atoms with Crippen LogP contribution in [0.1, 0.15) is 92.9 Å². The van der Waals surface area contributed by atoms with Crippen LogP contribution in [0.5, 0.6) is 0 Å². The number of hydrogen-bond donors (Lipinski definition) is 8. The first-order valence-electron chi connectivity index (χ1n) is 17.7. The van der Waals surface area contributed by atoms with Gasteiger partial charge in [0.1, 0.15) is 24.4 Å². The van der Waals surface area contributed by atoms with Gasteiger partial charge in [0.25, 0.3) is 0 Å². The van der Waals surface area contributed by atoms with Gasteiger partial charge in [-0.05, 0) is 84.9 Å². The van der Waals surface area contributed by atoms with Gasteiger partial charge in [-0.2, -0.15) is 0 Å². The van der Waals surface area contributed by atoms with Crippen molar-refractivity contribution in [2.24, 2.45) is 50.2 Å². The van der Waals surface area contributed by atoms with Gasteiger partial charge in [0.15, 0.2) is 0 Å². The van der Waals surface area contributed by atoms with Crippen LogP contribution in [0, 0.1) is 50.2 Å². The second-order valence-corrected chi connectivity index (χ2v) is 17.8. The lowest BCUT2D eigenvalue weighted by Crippen LogP contribution is -2.69. The summed E-state index contributed by atoms with van der Waals surface area (Å²) in [6.07, 6.45) is -3.62. The summed E-state index contributed by atoms with van der Waals surface area (Å²) in [6, 6.07) is 0. The molecule has 0 unspecified atom stereocenters. The Morgan fingerprint density at radius 3 is 2.15 bits per heavy atom. The topological polar surface area (TPSA) is 197 Å². The summed E-state index contributed by atoms with van der Waals surface area (Å²) in [7, 11) is 0. The van der Waals surface area contributed by atoms with E-state index in [-0.39, 0.29) is 29.3 Å². The molecule has 0 spiro atoms. The minimum atomic E-state index is -1.72. The van der Waals surface area contributed by atoms with E-state index in [0.717, 1.165) is 18.4 Å². The molecule has 11 nitrogen and oxygen atoms in total. The van der Waals surface area contributed by atoms with E-state index in [2.05, 4.69) is 26.8 Å². The first-order chi connectivity index (χ1) is 21.8. The fourth-order valence-electron chi connectivity index (χ4n) is 12.1. The van der Waals surface area contributed by atoms with Crippen molar-refractivity contribution in [3.8, 4) is 0 Å². The molecule has 268 valence electrons. The van der Waals surface area contributed by atoms with Crippen molar-refractivity contribution in [2.45, 2.75) is 142 Å². The Morgan fingerprint density at radius 1 is 0.851 bits per heavy atom. The van der Waals surface area contributed by atoms with Crippen molar-refractivity contribution in [1.29, 1.82) is 0 Å². The van der Waals surface area contributed by atoms with Crippen LogP contribution in [-0.4, -0.2) is 109 Å². The van der Waals surface area contributed by atoms with Crippen LogP contribution < -0.4 is 0 Å². The molecular weight excluding hydrogens is 608 g/mol. The first kappa shape index (κ1) is 35.7. The Kier molecular flexibility index (Phi) is 8.68. The normalized spacial score (nSPS) is 55.4. The van der Waals surface area contributed by atoms with Crippen molar-refractivity contribution in [2.75, 3.05) is 13.2 Å². The van der Waals surface area contributed by atoms with Crippen LogP contribution in [0.4, 0.5) is 0 Å². The summed E-state index contributed by atoms with van der Waals surface area (Å²) in [5.74, 6) is -1.08. The monoisotopic (exact) mass is 666 g/mol. The fourth-order valence-corrected chi connectivity index (χ4v) is 12.1. The zero-order valence-corrected chi connectivity index (χ0v) is 28.8. The number of fused-ring (bicyclic) bond motifs is 7. The number of allylic oxidation sites excluding steroid dienone is 1. The lowest BCUT2D eigenvalue weighted by molar-refractivity contribution is -0.298. The van der Waals surface area contributed by atoms with Gasteiger partial charge in [0.2, 0.25) is 6.29 Å². The van der Waals surface area contributed by atoms with Crippen molar-refractivity contribution >= 4 is 5.97 Å². The number of aliphatic hydroxyl groups is 8. The molecule has 8 N–H and O–H groups in total. The van der Waals surface area contributed by atoms with Gasteiger partial charge >= 0.3 is 5.97 Å². The zero-order valence-electron chi connectivity index (χ0n) is 28.8. The lowest BCUT2D eigenvalue weighted by atomic mass is 9.33. The summed E-state index contributed by atoms with van der Waals surface area (Å²) in [5.41, 5.74) is -2.46. The van der Waals surface area contributed by atoms with Gasteiger partial charge < -0.3 is 50.3 Å². The SMILES string of the molecule is CC1(C)CC[C@]2(C(=O)O[C@H]3O[C@@H](CO)[C@H](O)[C@@H](O)[C@@H]3O)CC[C@]3(C)C(=CC[C@@H]4[C@@]5(C)C[C@@H](O)[C@H](O)[C@@](C)(CO)[C@@H]5CC[C@@]43C)[C@@H]2[C@H]1O. The van der Waals surface area contributed by atoms with E-state index in [4.69, 9.17) is 9.47 Å². The minimum Gasteiger partial charge on any atom is -0.432 e. The standard InChI is InChI=1S/C36H58O11/c1-31(2)11-13-36(30(45)47-29-26(42)25(41)24(40)20(16-37)46-29)14-12-34(5)18(23(36)28(31)44)7-8-22-32(3)15-19(39)27(43)33(4,17-38)21(32)9-10-35(22,34)6/h7,19-29,37-44H,8-17H2,1-6H3/t19-,20+,21-,22-,23-,24+,25-,26+,27+,28-,29-,32+,33+,34-,35+,36+/m1/s1. The molecule has 16 atom stereocenters. The van der Waals surface area contributed by atoms with Crippen molar-refractivity contribution in [3.63, 3.8) is 0 Å². The van der Waals surface area contributed by atoms with E-state index >= 15 is 0 Å². The highest BCUT2D eigenvalue weighted by atomic mass is 16.7. The third kappa shape index (κ3) is 4.67. The van der Waals surface area contributed by atoms with Crippen molar-refractivity contribution in [1.82, 2.24) is 0 Å². The smallest absolute Gasteiger partial charge is 0.315 e. The van der Waals surface area contributed by atoms with Gasteiger partial charge in [-0.3, -0.25) is 4.79 Å². The molecule has 1 heterocycles. The second-order valence-electron chi connectivity index (χ2n) is 17.8. The molecule has 0 aromatic carbocycles. The maximum absolute atomic E-state index is 14.4. The van der Waals surface area contributed by atoms with Gasteiger partial charge in [-0.25, -0.2) is 0 Å². The Bertz CT molecular complexity index is 1270. The molecule has 1 saturated heterocycles. The largest absolute Gasteiger partial charge is 0.432 e. The predicted molar refractivity (Wildman–Crippen MR) is 169 cm³/mol. The first-order valence-corrected chi connectivity index (χ1v) is 17.7. The molecule has 6 aliphatic rings. The molecule has 0 radical (unpaired) electrons. The van der Waals surface area contributed by atoms with Crippen LogP contribution in [0.2, 0.25) is 0 Å². The Morgan fingerprint density at radius 2 is 1.51 bits per heavy atom. The second kappa shape index (κ2) is 11.4. The van der Waals surface area contributed by atoms with Crippen molar-refractivity contribution < 1.29 is 55.1 Å². The summed E-state index contributed by atoms with van der Waals surface area (Å²) >= 11 is 0. The summed E-state index contributed by atoms with van der Waals surface area (Å²) in [5, 5.41) is 85.9. The van der Waals surface area contributed by atoms with E-state index in [9.17, 15) is 45.6 Å². The maximum Gasteiger partial charge on any atom is 0.315 e. The Labute approximate surface area is 278 Å². The number of esters is 1. The number of aliphatic hydroxyl groups excluding tert-OH is 8. The van der Waals surface area contributed by atoms with Crippen LogP contribution in [0.15, 0.2) is 11.6 Å². The number of rotatable bonds is 4. The quantitative estimate of drug-likeness (QED) is 0.160. The van der Waals surface area contributed by atoms with Gasteiger partial charge in [0, 0.05) is 11.3 Å². The van der Waals surface area contributed by atoms with E-state index in [1.165, 1.54) is 0 Å². The molecule has 6 rings (SSSR count). The Hall–Kier alpha value is -1.15. The van der Waals surface area contributed by atoms with Gasteiger partial charge in [-0.1, -0.05) is 53.2 Å². The number of carbonyl (C=O) groups excluding carboxylic acids is 1. The highest BCUT2D eigenvalue weighted by Crippen LogP contribution is 2.75. The molecule has 0 amide bonds. The number of ether oxygens (including phenoxy) is 2. The highest BCUT2D eigenvalue weighted by Gasteiger charge is 2.72. The Balaban J connectivity index is 1.39. The van der Waals surface area contributed by atoms with Crippen LogP contribution in [0.3, 0.4) is 0 Å². The molecule has 0 aromatic rings. The molecular formula is C36H58O11. The summed E-state index contributed by atoms with van der Waals surface area (Å²) < 4.78 is 11.4. The summed E-state index contributed by atoms with van der Waals surface area (Å²) in [4.78, 5) is 14.4. The van der Waals surface area contributed by atoms with E-state index in [1.807, 2.05) is 20.8 Å². The lowest BCUT2D eigenvalue weighted by Gasteiger charge is -2.71. The van der Waals surface area contributed by atoms with Gasteiger partial charge in [0.05, 0.1) is 36.9 Å². The minimum absolute atomic E-state index is 0.00502. The molecule has 0 aromatic heterocycles. The predicted octanol–water partition coefficient (Wildman–Crippen LogP) is 1.41. The van der Waals surface area contributed by atoms with Crippen LogP contribution in [-0.2, 0) is 14.3 Å². The van der Waals surface area contributed by atoms with Crippen LogP contribution in [0.25, 0.3) is 0 Å². The fraction of sp³-hybridized carbons (Fsp3) is 0.917. The van der Waals surface area contributed by atoms with Crippen LogP contribution >= 0.6 is 0 Å². The van der Waals surface area contributed by atoms with Gasteiger partial charge in [-0.15, -0.1) is 0 Å². The molecule has 11 heteroatoms. The number of carbonyl (C=O) groups is 1. The summed E-state index contributed by atoms with van der Waals surface area (Å²) in [6.45, 7) is 11.9. The highest BCUT2D eigenvalue weighted by molar-refractivity contribution is 5.79. The molecule has 1 aliphatic heterocycles. The molecule has 5 aliphatic carbocycles. The van der Waals surface area contributed by atoms with Crippen molar-refractivity contribution in [3.05, 3.63) is 11.6 Å². The van der Waals surface area contributed by atoms with E-state index in [0.29, 0.717) is 38.5 Å².